The van der Waals surface area contributed by atoms with Gasteiger partial charge in [0.05, 0.1) is 6.33 Å². The normalized spacial score (nSPS) is 12.8. The summed E-state index contributed by atoms with van der Waals surface area (Å²) in [7, 11) is -3.76. The van der Waals surface area contributed by atoms with Crippen LogP contribution in [0.1, 0.15) is 40.5 Å². The molecule has 1 heterocycles. The molecule has 1 rings (SSSR count). The Kier molecular flexibility index (Phi) is 5.52. The van der Waals surface area contributed by atoms with Gasteiger partial charge in [-0.2, -0.15) is 0 Å². The van der Waals surface area contributed by atoms with E-state index in [1.54, 1.807) is 18.4 Å². The van der Waals surface area contributed by atoms with Crippen LogP contribution in [-0.2, 0) is 21.4 Å². The predicted molar refractivity (Wildman–Crippen MR) is 78.3 cm³/mol. The summed E-state index contributed by atoms with van der Waals surface area (Å²) in [5, 5.41) is 8.64. The molecular weight excluding hydrogens is 294 g/mol. The van der Waals surface area contributed by atoms with E-state index in [0.717, 1.165) is 0 Å². The average Bonchev–Trinajstić information content (AvgIpc) is 2.73. The molecule has 0 aromatic carbocycles. The highest BCUT2D eigenvalue weighted by atomic mass is 32.2. The minimum absolute atomic E-state index is 0.0495. The van der Waals surface area contributed by atoms with E-state index in [9.17, 15) is 13.2 Å². The van der Waals surface area contributed by atoms with Crippen LogP contribution in [0.25, 0.3) is 0 Å². The van der Waals surface area contributed by atoms with Gasteiger partial charge < -0.3 is 9.67 Å². The molecule has 120 valence electrons. The first kappa shape index (κ1) is 17.6. The van der Waals surface area contributed by atoms with E-state index in [2.05, 4.69) is 9.71 Å². The smallest absolute Gasteiger partial charge is 0.303 e. The molecule has 0 aliphatic rings. The third-order valence-corrected chi connectivity index (χ3v) is 4.42. The monoisotopic (exact) mass is 317 g/mol. The zero-order valence-corrected chi connectivity index (χ0v) is 13.6. The lowest BCUT2D eigenvalue weighted by Gasteiger charge is -2.24. The maximum absolute atomic E-state index is 12.3. The fourth-order valence-electron chi connectivity index (χ4n) is 1.89. The van der Waals surface area contributed by atoms with Crippen LogP contribution in [0.2, 0.25) is 0 Å². The van der Waals surface area contributed by atoms with Crippen molar-refractivity contribution >= 4 is 16.0 Å². The Morgan fingerprint density at radius 2 is 2.10 bits per heavy atom. The average molecular weight is 317 g/mol. The Bertz CT molecular complexity index is 590. The summed E-state index contributed by atoms with van der Waals surface area (Å²) in [5.41, 5.74) is -0.848. The van der Waals surface area contributed by atoms with Crippen LogP contribution in [0.3, 0.4) is 0 Å². The fraction of sp³-hybridized carbons (Fsp3) is 0.692. The van der Waals surface area contributed by atoms with Gasteiger partial charge in [0.25, 0.3) is 10.0 Å². The molecule has 0 spiro atoms. The van der Waals surface area contributed by atoms with Crippen molar-refractivity contribution in [3.8, 4) is 0 Å². The van der Waals surface area contributed by atoms with Crippen molar-refractivity contribution in [2.24, 2.45) is 5.92 Å². The summed E-state index contributed by atoms with van der Waals surface area (Å²) in [4.78, 5) is 14.5. The van der Waals surface area contributed by atoms with Crippen molar-refractivity contribution in [2.45, 2.75) is 57.6 Å². The molecule has 0 fully saturated rings. The molecule has 21 heavy (non-hydrogen) atoms. The second-order valence-corrected chi connectivity index (χ2v) is 7.81. The van der Waals surface area contributed by atoms with E-state index < -0.39 is 21.5 Å². The number of carboxylic acid groups (broad SMARTS) is 1. The first-order valence-corrected chi connectivity index (χ1v) is 8.28. The van der Waals surface area contributed by atoms with Crippen molar-refractivity contribution in [3.05, 3.63) is 12.5 Å². The highest BCUT2D eigenvalue weighted by Gasteiger charge is 2.28. The third-order valence-electron chi connectivity index (χ3n) is 2.84. The summed E-state index contributed by atoms with van der Waals surface area (Å²) in [6, 6.07) is 0. The van der Waals surface area contributed by atoms with Gasteiger partial charge in [0, 0.05) is 24.7 Å². The summed E-state index contributed by atoms with van der Waals surface area (Å²) >= 11 is 0. The molecule has 0 unspecified atom stereocenters. The SMILES string of the molecule is CC(C)Cn1cnc(S(=O)(=O)NC(C)(C)CCC(=O)O)c1. The molecule has 0 atom stereocenters. The van der Waals surface area contributed by atoms with E-state index >= 15 is 0 Å². The molecular formula is C13H23N3O4S. The topological polar surface area (TPSA) is 101 Å². The molecule has 1 aromatic rings. The highest BCUT2D eigenvalue weighted by Crippen LogP contribution is 2.16. The number of hydrogen-bond acceptors (Lipinski definition) is 4. The van der Waals surface area contributed by atoms with Gasteiger partial charge in [0.2, 0.25) is 0 Å². The molecule has 8 heteroatoms. The summed E-state index contributed by atoms with van der Waals surface area (Å²) in [6.45, 7) is 8.05. The zero-order valence-electron chi connectivity index (χ0n) is 12.8. The number of nitrogens with one attached hydrogen (secondary N) is 1. The number of carbonyl (C=O) groups is 1. The molecule has 0 radical (unpaired) electrons. The van der Waals surface area contributed by atoms with Crippen LogP contribution in [0.5, 0.6) is 0 Å². The summed E-state index contributed by atoms with van der Waals surface area (Å²) in [5.74, 6) is -0.571. The Hall–Kier alpha value is -1.41. The van der Waals surface area contributed by atoms with E-state index in [0.29, 0.717) is 12.5 Å². The lowest BCUT2D eigenvalue weighted by Crippen LogP contribution is -2.43. The molecule has 1 aromatic heterocycles. The first-order chi connectivity index (χ1) is 9.52. The van der Waals surface area contributed by atoms with E-state index in [1.165, 1.54) is 12.5 Å². The van der Waals surface area contributed by atoms with E-state index in [-0.39, 0.29) is 17.9 Å². The van der Waals surface area contributed by atoms with Crippen LogP contribution in [0.4, 0.5) is 0 Å². The number of hydrogen-bond donors (Lipinski definition) is 2. The maximum atomic E-state index is 12.3. The largest absolute Gasteiger partial charge is 0.481 e. The van der Waals surface area contributed by atoms with Crippen LogP contribution in [-0.4, -0.2) is 34.6 Å². The molecule has 7 nitrogen and oxygen atoms in total. The number of rotatable bonds is 8. The van der Waals surface area contributed by atoms with Gasteiger partial charge in [-0.25, -0.2) is 18.1 Å². The van der Waals surface area contributed by atoms with Crippen molar-refractivity contribution < 1.29 is 18.3 Å². The highest BCUT2D eigenvalue weighted by molar-refractivity contribution is 7.89. The van der Waals surface area contributed by atoms with E-state index in [1.807, 2.05) is 13.8 Å². The lowest BCUT2D eigenvalue weighted by molar-refractivity contribution is -0.137. The standard InChI is InChI=1S/C13H23N3O4S/c1-10(2)7-16-8-11(14-9-16)21(19,20)15-13(3,4)6-5-12(17)18/h8-10,15H,5-7H2,1-4H3,(H,17,18). The van der Waals surface area contributed by atoms with Crippen LogP contribution in [0.15, 0.2) is 17.6 Å². The molecule has 0 saturated carbocycles. The number of nitrogens with zero attached hydrogens (tertiary/aromatic N) is 2. The minimum atomic E-state index is -3.76. The maximum Gasteiger partial charge on any atom is 0.303 e. The number of aliphatic carboxylic acids is 1. The number of carboxylic acids is 1. The van der Waals surface area contributed by atoms with E-state index in [4.69, 9.17) is 5.11 Å². The third kappa shape index (κ3) is 5.84. The van der Waals surface area contributed by atoms with Crippen molar-refractivity contribution in [1.82, 2.24) is 14.3 Å². The molecule has 0 aliphatic carbocycles. The Morgan fingerprint density at radius 3 is 2.62 bits per heavy atom. The number of imidazole rings is 1. The Morgan fingerprint density at radius 1 is 1.48 bits per heavy atom. The Labute approximate surface area is 125 Å². The minimum Gasteiger partial charge on any atom is -0.481 e. The second kappa shape index (κ2) is 6.57. The number of sulfonamides is 1. The van der Waals surface area contributed by atoms with Crippen LogP contribution >= 0.6 is 0 Å². The van der Waals surface area contributed by atoms with Gasteiger partial charge in [0.1, 0.15) is 0 Å². The Balaban J connectivity index is 2.81. The first-order valence-electron chi connectivity index (χ1n) is 6.79. The van der Waals surface area contributed by atoms with Gasteiger partial charge in [-0.15, -0.1) is 0 Å². The van der Waals surface area contributed by atoms with Gasteiger partial charge in [-0.3, -0.25) is 4.79 Å². The molecule has 0 aliphatic heterocycles. The van der Waals surface area contributed by atoms with Gasteiger partial charge in [-0.1, -0.05) is 13.8 Å². The quantitative estimate of drug-likeness (QED) is 0.756. The molecule has 2 N–H and O–H groups in total. The van der Waals surface area contributed by atoms with Gasteiger partial charge in [-0.05, 0) is 26.2 Å². The van der Waals surface area contributed by atoms with Crippen molar-refractivity contribution in [3.63, 3.8) is 0 Å². The zero-order chi connectivity index (χ0) is 16.3. The van der Waals surface area contributed by atoms with Crippen molar-refractivity contribution in [2.75, 3.05) is 0 Å². The molecule has 0 bridgehead atoms. The molecule has 0 saturated heterocycles. The second-order valence-electron chi connectivity index (χ2n) is 6.19. The van der Waals surface area contributed by atoms with Crippen LogP contribution < -0.4 is 4.72 Å². The summed E-state index contributed by atoms with van der Waals surface area (Å²) < 4.78 is 28.7. The van der Waals surface area contributed by atoms with Crippen LogP contribution in [0, 0.1) is 5.92 Å². The lowest BCUT2D eigenvalue weighted by atomic mass is 10.0. The predicted octanol–water partition coefficient (Wildman–Crippen LogP) is 1.46. The molecule has 0 amide bonds. The van der Waals surface area contributed by atoms with Gasteiger partial charge >= 0.3 is 5.97 Å². The summed E-state index contributed by atoms with van der Waals surface area (Å²) in [6.07, 6.45) is 3.07. The number of aromatic nitrogens is 2. The van der Waals surface area contributed by atoms with Gasteiger partial charge in [0.15, 0.2) is 5.03 Å². The fourth-order valence-corrected chi connectivity index (χ4v) is 3.28. The van der Waals surface area contributed by atoms with Crippen molar-refractivity contribution in [1.29, 1.82) is 0 Å².